The largest absolute Gasteiger partial charge is 0.478 e. The second-order valence-electron chi connectivity index (χ2n) is 10.9. The van der Waals surface area contributed by atoms with Crippen molar-refractivity contribution in [2.45, 2.75) is 43.9 Å². The Bertz CT molecular complexity index is 1720. The van der Waals surface area contributed by atoms with Crippen LogP contribution in [0.1, 0.15) is 54.1 Å². The Hall–Kier alpha value is -4.47. The number of allylic oxidation sites excluding steroid dienone is 3. The number of nitrogens with zero attached hydrogens (tertiary/aromatic N) is 4. The van der Waals surface area contributed by atoms with Crippen molar-refractivity contribution in [2.75, 3.05) is 16.0 Å². The summed E-state index contributed by atoms with van der Waals surface area (Å²) in [6.07, 6.45) is 0.901. The van der Waals surface area contributed by atoms with Gasteiger partial charge >= 0.3 is 5.97 Å². The van der Waals surface area contributed by atoms with Crippen LogP contribution in [-0.2, 0) is 9.59 Å². The molecule has 42 heavy (non-hydrogen) atoms. The minimum atomic E-state index is -1.08. The summed E-state index contributed by atoms with van der Waals surface area (Å²) in [5, 5.41) is 31.1. The van der Waals surface area contributed by atoms with E-state index < -0.39 is 11.9 Å². The summed E-state index contributed by atoms with van der Waals surface area (Å²) in [6, 6.07) is 16.0. The van der Waals surface area contributed by atoms with Crippen molar-refractivity contribution in [1.82, 2.24) is 10.2 Å². The molecule has 2 aromatic carbocycles. The monoisotopic (exact) mass is 600 g/mol. The number of carboxylic acid groups (broad SMARTS) is 1. The van der Waals surface area contributed by atoms with Crippen molar-refractivity contribution in [3.63, 3.8) is 0 Å². The number of benzene rings is 2. The number of Topliss-reactive ketones (excluding diaryl/α,β-unsaturated/α-hetero) is 1. The van der Waals surface area contributed by atoms with Crippen LogP contribution < -0.4 is 16.0 Å². The van der Waals surface area contributed by atoms with E-state index in [9.17, 15) is 19.6 Å². The van der Waals surface area contributed by atoms with E-state index in [1.54, 1.807) is 17.0 Å². The van der Waals surface area contributed by atoms with Crippen LogP contribution >= 0.6 is 23.1 Å². The fourth-order valence-electron chi connectivity index (χ4n) is 5.35. The Labute approximate surface area is 250 Å². The number of amides is 1. The third kappa shape index (κ3) is 5.66. The van der Waals surface area contributed by atoms with Gasteiger partial charge in [-0.25, -0.2) is 4.79 Å². The molecule has 1 unspecified atom stereocenters. The molecule has 3 aromatic rings. The van der Waals surface area contributed by atoms with Gasteiger partial charge in [0.2, 0.25) is 11.0 Å². The molecule has 0 radical (unpaired) electrons. The number of aromatic nitrogens is 2. The fraction of sp³-hybridized carbons (Fsp3) is 0.267. The van der Waals surface area contributed by atoms with Crippen LogP contribution in [0.4, 0.5) is 10.8 Å². The van der Waals surface area contributed by atoms with Gasteiger partial charge in [-0.15, -0.1) is 10.2 Å². The zero-order valence-electron chi connectivity index (χ0n) is 23.2. The van der Waals surface area contributed by atoms with Crippen LogP contribution in [0.5, 0.6) is 0 Å². The second-order valence-corrected chi connectivity index (χ2v) is 13.1. The third-order valence-corrected chi connectivity index (χ3v) is 9.23. The number of aryl methyl sites for hydroxylation is 1. The molecular formula is C30H28N6O4S2. The average molecular weight is 601 g/mol. The van der Waals surface area contributed by atoms with Gasteiger partial charge in [-0.2, -0.15) is 5.26 Å². The maximum atomic E-state index is 13.7. The number of thioether (sulfide) groups is 1. The Morgan fingerprint density at radius 3 is 2.69 bits per heavy atom. The summed E-state index contributed by atoms with van der Waals surface area (Å²) >= 11 is 2.37. The topological polar surface area (TPSA) is 162 Å². The van der Waals surface area contributed by atoms with Gasteiger partial charge in [0.15, 0.2) is 10.1 Å². The van der Waals surface area contributed by atoms with E-state index >= 15 is 0 Å². The molecule has 214 valence electrons. The first-order chi connectivity index (χ1) is 20.0. The predicted molar refractivity (Wildman–Crippen MR) is 161 cm³/mol. The van der Waals surface area contributed by atoms with Crippen molar-refractivity contribution in [2.24, 2.45) is 11.1 Å². The van der Waals surface area contributed by atoms with Gasteiger partial charge in [0.25, 0.3) is 0 Å². The zero-order chi connectivity index (χ0) is 30.2. The molecule has 1 aliphatic carbocycles. The number of hydrogen-bond donors (Lipinski definition) is 3. The van der Waals surface area contributed by atoms with Crippen molar-refractivity contribution in [1.29, 1.82) is 5.26 Å². The lowest BCUT2D eigenvalue weighted by Crippen LogP contribution is -2.42. The van der Waals surface area contributed by atoms with E-state index in [1.807, 2.05) is 45.0 Å². The number of nitriles is 1. The van der Waals surface area contributed by atoms with Crippen molar-refractivity contribution >= 4 is 51.6 Å². The normalized spacial score (nSPS) is 18.0. The molecule has 2 aliphatic rings. The van der Waals surface area contributed by atoms with Gasteiger partial charge in [0.1, 0.15) is 5.82 Å². The first kappa shape index (κ1) is 29.0. The lowest BCUT2D eigenvalue weighted by Gasteiger charge is -2.42. The third-order valence-electron chi connectivity index (χ3n) is 7.19. The smallest absolute Gasteiger partial charge is 0.335 e. The average Bonchev–Trinajstić information content (AvgIpc) is 3.39. The number of carboxylic acids is 1. The van der Waals surface area contributed by atoms with E-state index in [0.29, 0.717) is 39.3 Å². The van der Waals surface area contributed by atoms with Gasteiger partial charge in [0, 0.05) is 23.4 Å². The Morgan fingerprint density at radius 1 is 1.21 bits per heavy atom. The number of aromatic carboxylic acids is 1. The Morgan fingerprint density at radius 2 is 1.98 bits per heavy atom. The number of nitrogens with two attached hydrogens (primary N) is 1. The van der Waals surface area contributed by atoms with Crippen LogP contribution in [0, 0.1) is 23.7 Å². The molecule has 0 spiro atoms. The van der Waals surface area contributed by atoms with Crippen LogP contribution in [0.25, 0.3) is 0 Å². The highest BCUT2D eigenvalue weighted by molar-refractivity contribution is 8.01. The van der Waals surface area contributed by atoms with E-state index in [0.717, 1.165) is 22.9 Å². The quantitative estimate of drug-likeness (QED) is 0.307. The van der Waals surface area contributed by atoms with Crippen LogP contribution in [0.15, 0.2) is 75.5 Å². The molecule has 12 heteroatoms. The minimum absolute atomic E-state index is 0.00945. The van der Waals surface area contributed by atoms with Crippen molar-refractivity contribution < 1.29 is 19.5 Å². The fourth-order valence-corrected chi connectivity index (χ4v) is 7.04. The lowest BCUT2D eigenvalue weighted by molar-refractivity contribution is -0.118. The number of rotatable bonds is 7. The molecule has 0 bridgehead atoms. The van der Waals surface area contributed by atoms with Gasteiger partial charge in [-0.3, -0.25) is 14.5 Å². The SMILES string of the molecule is Cc1ccccc1C1C(C#N)=C(N)N(c2nnc(SCC(=O)Nc3cccc(C(=O)O)c3)s2)C2=C1C(=O)CC(C)(C)C2. The summed E-state index contributed by atoms with van der Waals surface area (Å²) in [4.78, 5) is 39.2. The summed E-state index contributed by atoms with van der Waals surface area (Å²) in [5.74, 6) is -1.80. The molecule has 1 amide bonds. The van der Waals surface area contributed by atoms with E-state index in [4.69, 9.17) is 10.8 Å². The number of hydrogen-bond acceptors (Lipinski definition) is 10. The molecule has 0 saturated heterocycles. The molecular weight excluding hydrogens is 573 g/mol. The Balaban J connectivity index is 1.44. The van der Waals surface area contributed by atoms with Gasteiger partial charge in [0.05, 0.1) is 28.9 Å². The molecule has 2 heterocycles. The highest BCUT2D eigenvalue weighted by atomic mass is 32.2. The summed E-state index contributed by atoms with van der Waals surface area (Å²) < 4.78 is 0.496. The molecule has 1 atom stereocenters. The summed E-state index contributed by atoms with van der Waals surface area (Å²) in [7, 11) is 0. The molecule has 10 nitrogen and oxygen atoms in total. The number of carbonyl (C=O) groups excluding carboxylic acids is 2. The van der Waals surface area contributed by atoms with Crippen molar-refractivity contribution in [3.8, 4) is 6.07 Å². The standard InChI is InChI=1S/C30H28N6O4S2/c1-16-7-4-5-10-19(16)24-20(14-31)26(32)36(21-12-30(2,3)13-22(37)25(21)24)28-34-35-29(42-28)41-15-23(38)33-18-9-6-8-17(11-18)27(39)40/h4-11,24H,12-13,15,32H2,1-3H3,(H,33,38)(H,39,40). The highest BCUT2D eigenvalue weighted by Crippen LogP contribution is 2.51. The first-order valence-corrected chi connectivity index (χ1v) is 14.9. The molecule has 5 rings (SSSR count). The maximum absolute atomic E-state index is 13.7. The van der Waals surface area contributed by atoms with E-state index in [2.05, 4.69) is 21.6 Å². The Kier molecular flexibility index (Phi) is 7.90. The number of nitrogens with one attached hydrogen (secondary N) is 1. The molecule has 4 N–H and O–H groups in total. The van der Waals surface area contributed by atoms with Gasteiger partial charge in [-0.05, 0) is 48.1 Å². The van der Waals surface area contributed by atoms with Crippen LogP contribution in [0.3, 0.4) is 0 Å². The van der Waals surface area contributed by atoms with Crippen molar-refractivity contribution in [3.05, 3.63) is 87.9 Å². The number of carbonyl (C=O) groups is 3. The second kappa shape index (κ2) is 11.4. The van der Waals surface area contributed by atoms with E-state index in [1.165, 1.54) is 23.5 Å². The highest BCUT2D eigenvalue weighted by Gasteiger charge is 2.45. The minimum Gasteiger partial charge on any atom is -0.478 e. The first-order valence-electron chi connectivity index (χ1n) is 13.1. The molecule has 1 aliphatic heterocycles. The number of anilines is 2. The molecule has 1 aromatic heterocycles. The van der Waals surface area contributed by atoms with Gasteiger partial charge < -0.3 is 16.2 Å². The molecule has 0 saturated carbocycles. The van der Waals surface area contributed by atoms with Gasteiger partial charge in [-0.1, -0.05) is 67.3 Å². The predicted octanol–water partition coefficient (Wildman–Crippen LogP) is 5.22. The summed E-state index contributed by atoms with van der Waals surface area (Å²) in [5.41, 5.74) is 10.2. The van der Waals surface area contributed by atoms with Crippen LogP contribution in [-0.4, -0.2) is 38.7 Å². The summed E-state index contributed by atoms with van der Waals surface area (Å²) in [6.45, 7) is 6.01. The zero-order valence-corrected chi connectivity index (χ0v) is 24.8. The van der Waals surface area contributed by atoms with E-state index in [-0.39, 0.29) is 39.8 Å². The number of ketones is 1. The van der Waals surface area contributed by atoms with Crippen LogP contribution in [0.2, 0.25) is 0 Å². The lowest BCUT2D eigenvalue weighted by atomic mass is 9.68. The molecule has 0 fully saturated rings. The maximum Gasteiger partial charge on any atom is 0.335 e.